The second-order valence-corrected chi connectivity index (χ2v) is 5.95. The first kappa shape index (κ1) is 13.5. The summed E-state index contributed by atoms with van der Waals surface area (Å²) in [6.07, 6.45) is 3.04. The van der Waals surface area contributed by atoms with E-state index in [2.05, 4.69) is 9.71 Å². The molecule has 0 atom stereocenters. The number of benzene rings is 1. The van der Waals surface area contributed by atoms with Crippen molar-refractivity contribution < 1.29 is 12.8 Å². The Labute approximate surface area is 111 Å². The van der Waals surface area contributed by atoms with Crippen LogP contribution in [0.4, 0.5) is 10.1 Å². The first-order valence-corrected chi connectivity index (χ1v) is 7.07. The fourth-order valence-electron chi connectivity index (χ4n) is 1.61. The molecule has 100 valence electrons. The summed E-state index contributed by atoms with van der Waals surface area (Å²) in [5.41, 5.74) is 1.50. The van der Waals surface area contributed by atoms with E-state index in [0.29, 0.717) is 5.69 Å². The highest BCUT2D eigenvalue weighted by Gasteiger charge is 2.15. The van der Waals surface area contributed by atoms with Gasteiger partial charge in [-0.1, -0.05) is 0 Å². The van der Waals surface area contributed by atoms with Gasteiger partial charge in [0, 0.05) is 6.20 Å². The van der Waals surface area contributed by atoms with Crippen LogP contribution in [-0.2, 0) is 10.0 Å². The van der Waals surface area contributed by atoms with Gasteiger partial charge in [0.05, 0.1) is 16.8 Å². The second-order valence-electron chi connectivity index (χ2n) is 4.27. The fourth-order valence-corrected chi connectivity index (χ4v) is 2.73. The molecular weight excluding hydrogens is 267 g/mol. The molecule has 1 aromatic heterocycles. The Kier molecular flexibility index (Phi) is 3.53. The molecule has 0 saturated carbocycles. The van der Waals surface area contributed by atoms with E-state index >= 15 is 0 Å². The number of pyridine rings is 1. The predicted octanol–water partition coefficient (Wildman–Crippen LogP) is 2.64. The number of aryl methyl sites for hydroxylation is 2. The highest BCUT2D eigenvalue weighted by Crippen LogP contribution is 2.18. The van der Waals surface area contributed by atoms with Crippen molar-refractivity contribution in [2.24, 2.45) is 0 Å². The van der Waals surface area contributed by atoms with Crippen LogP contribution in [-0.4, -0.2) is 13.4 Å². The topological polar surface area (TPSA) is 59.1 Å². The number of aromatic nitrogens is 1. The fraction of sp³-hybridized carbons (Fsp3) is 0.154. The number of sulfonamides is 1. The Balaban J connectivity index is 2.35. The Hall–Kier alpha value is -1.95. The highest BCUT2D eigenvalue weighted by molar-refractivity contribution is 7.92. The van der Waals surface area contributed by atoms with Gasteiger partial charge in [-0.2, -0.15) is 0 Å². The number of hydrogen-bond acceptors (Lipinski definition) is 3. The summed E-state index contributed by atoms with van der Waals surface area (Å²) in [5, 5.41) is 0. The molecule has 6 heteroatoms. The van der Waals surface area contributed by atoms with Crippen molar-refractivity contribution in [3.63, 3.8) is 0 Å². The van der Waals surface area contributed by atoms with Crippen LogP contribution < -0.4 is 4.72 Å². The molecular formula is C13H13FN2O2S. The third-order valence-corrected chi connectivity index (χ3v) is 3.95. The van der Waals surface area contributed by atoms with E-state index in [1.165, 1.54) is 25.3 Å². The third kappa shape index (κ3) is 3.08. The van der Waals surface area contributed by atoms with Crippen LogP contribution in [0.2, 0.25) is 0 Å². The van der Waals surface area contributed by atoms with Crippen LogP contribution in [0.5, 0.6) is 0 Å². The Bertz CT molecular complexity index is 714. The molecule has 0 aliphatic rings. The van der Waals surface area contributed by atoms with Crippen molar-refractivity contribution in [1.29, 1.82) is 0 Å². The average Bonchev–Trinajstić information content (AvgIpc) is 2.32. The molecule has 4 nitrogen and oxygen atoms in total. The van der Waals surface area contributed by atoms with Gasteiger partial charge >= 0.3 is 0 Å². The monoisotopic (exact) mass is 280 g/mol. The average molecular weight is 280 g/mol. The van der Waals surface area contributed by atoms with Crippen molar-refractivity contribution >= 4 is 15.7 Å². The zero-order chi connectivity index (χ0) is 14.0. The molecule has 0 spiro atoms. The lowest BCUT2D eigenvalue weighted by Gasteiger charge is -2.09. The molecule has 0 aliphatic heterocycles. The smallest absolute Gasteiger partial charge is 0.261 e. The first-order chi connectivity index (χ1) is 8.88. The van der Waals surface area contributed by atoms with Crippen LogP contribution in [0.1, 0.15) is 11.1 Å². The molecule has 2 rings (SSSR count). The molecule has 19 heavy (non-hydrogen) atoms. The van der Waals surface area contributed by atoms with Crippen LogP contribution in [0, 0.1) is 19.7 Å². The second kappa shape index (κ2) is 4.97. The van der Waals surface area contributed by atoms with Crippen LogP contribution in [0.25, 0.3) is 0 Å². The standard InChI is InChI=1S/C13H13FN2O2S/c1-9-5-11(8-15-7-9)16-19(17,18)12-3-4-13(14)10(2)6-12/h3-8,16H,1-2H3. The van der Waals surface area contributed by atoms with Crippen LogP contribution in [0.3, 0.4) is 0 Å². The maximum atomic E-state index is 13.1. The van der Waals surface area contributed by atoms with E-state index in [0.717, 1.165) is 11.6 Å². The van der Waals surface area contributed by atoms with Crippen molar-refractivity contribution in [3.8, 4) is 0 Å². The lowest BCUT2D eigenvalue weighted by molar-refractivity contribution is 0.598. The van der Waals surface area contributed by atoms with Gasteiger partial charge in [-0.15, -0.1) is 0 Å². The third-order valence-electron chi connectivity index (χ3n) is 2.57. The largest absolute Gasteiger partial charge is 0.278 e. The Morgan fingerprint density at radius 3 is 2.53 bits per heavy atom. The van der Waals surface area contributed by atoms with Gasteiger partial charge in [0.2, 0.25) is 0 Å². The van der Waals surface area contributed by atoms with E-state index in [-0.39, 0.29) is 10.5 Å². The summed E-state index contributed by atoms with van der Waals surface area (Å²) >= 11 is 0. The molecule has 0 amide bonds. The molecule has 2 aromatic rings. The Morgan fingerprint density at radius 1 is 1.16 bits per heavy atom. The van der Waals surface area contributed by atoms with Crippen molar-refractivity contribution in [3.05, 3.63) is 53.6 Å². The molecule has 1 aromatic carbocycles. The van der Waals surface area contributed by atoms with Gasteiger partial charge in [0.15, 0.2) is 0 Å². The minimum atomic E-state index is -3.73. The van der Waals surface area contributed by atoms with Gasteiger partial charge in [0.25, 0.3) is 10.0 Å². The van der Waals surface area contributed by atoms with E-state index < -0.39 is 15.8 Å². The summed E-state index contributed by atoms with van der Waals surface area (Å²) in [5.74, 6) is -0.434. The normalized spacial score (nSPS) is 11.3. The lowest BCUT2D eigenvalue weighted by Crippen LogP contribution is -2.13. The first-order valence-electron chi connectivity index (χ1n) is 5.59. The minimum absolute atomic E-state index is 0.0212. The van der Waals surface area contributed by atoms with Gasteiger partial charge in [-0.3, -0.25) is 9.71 Å². The summed E-state index contributed by atoms with van der Waals surface area (Å²) in [6, 6.07) is 5.33. The van der Waals surface area contributed by atoms with Crippen molar-refractivity contribution in [2.45, 2.75) is 18.7 Å². The predicted molar refractivity (Wildman–Crippen MR) is 70.9 cm³/mol. The SMILES string of the molecule is Cc1cncc(NS(=O)(=O)c2ccc(F)c(C)c2)c1. The number of rotatable bonds is 3. The van der Waals surface area contributed by atoms with Gasteiger partial charge in [-0.05, 0) is 49.2 Å². The zero-order valence-corrected chi connectivity index (χ0v) is 11.3. The summed E-state index contributed by atoms with van der Waals surface area (Å²) < 4.78 is 39.8. The summed E-state index contributed by atoms with van der Waals surface area (Å²) in [6.45, 7) is 3.33. The van der Waals surface area contributed by atoms with Crippen molar-refractivity contribution in [2.75, 3.05) is 4.72 Å². The lowest BCUT2D eigenvalue weighted by atomic mass is 10.2. The number of nitrogens with zero attached hydrogens (tertiary/aromatic N) is 1. The maximum absolute atomic E-state index is 13.1. The van der Waals surface area contributed by atoms with E-state index in [9.17, 15) is 12.8 Å². The number of hydrogen-bond donors (Lipinski definition) is 1. The van der Waals surface area contributed by atoms with Crippen LogP contribution in [0.15, 0.2) is 41.6 Å². The maximum Gasteiger partial charge on any atom is 0.261 e. The summed E-state index contributed by atoms with van der Waals surface area (Å²) in [7, 11) is -3.73. The minimum Gasteiger partial charge on any atom is -0.278 e. The van der Waals surface area contributed by atoms with Crippen molar-refractivity contribution in [1.82, 2.24) is 4.98 Å². The molecule has 0 bridgehead atoms. The molecule has 1 N–H and O–H groups in total. The van der Waals surface area contributed by atoms with Crippen LogP contribution >= 0.6 is 0 Å². The molecule has 0 fully saturated rings. The molecule has 0 radical (unpaired) electrons. The molecule has 0 aliphatic carbocycles. The Morgan fingerprint density at radius 2 is 1.89 bits per heavy atom. The summed E-state index contributed by atoms with van der Waals surface area (Å²) in [4.78, 5) is 3.93. The van der Waals surface area contributed by atoms with Gasteiger partial charge < -0.3 is 0 Å². The molecule has 0 unspecified atom stereocenters. The molecule has 0 saturated heterocycles. The van der Waals surface area contributed by atoms with Gasteiger partial charge in [0.1, 0.15) is 5.82 Å². The number of halogens is 1. The van der Waals surface area contributed by atoms with E-state index in [1.807, 2.05) is 6.92 Å². The quantitative estimate of drug-likeness (QED) is 0.940. The number of nitrogens with one attached hydrogen (secondary N) is 1. The van der Waals surface area contributed by atoms with E-state index in [4.69, 9.17) is 0 Å². The van der Waals surface area contributed by atoms with Gasteiger partial charge in [-0.25, -0.2) is 12.8 Å². The van der Waals surface area contributed by atoms with E-state index in [1.54, 1.807) is 12.3 Å². The molecule has 1 heterocycles. The zero-order valence-electron chi connectivity index (χ0n) is 10.5. The highest BCUT2D eigenvalue weighted by atomic mass is 32.2. The number of anilines is 1.